The van der Waals surface area contributed by atoms with E-state index in [4.69, 9.17) is 24.0 Å². The molecule has 10 heteroatoms. The van der Waals surface area contributed by atoms with Crippen molar-refractivity contribution in [3.05, 3.63) is 36.5 Å². The molecule has 1 saturated heterocycles. The van der Waals surface area contributed by atoms with Gasteiger partial charge in [-0.15, -0.1) is 0 Å². The number of hydrogen-bond acceptors (Lipinski definition) is 7. The van der Waals surface area contributed by atoms with E-state index in [1.807, 2.05) is 6.08 Å². The van der Waals surface area contributed by atoms with Gasteiger partial charge >= 0.3 is 19.8 Å². The van der Waals surface area contributed by atoms with E-state index in [2.05, 4.69) is 48.8 Å². The molecule has 0 bridgehead atoms. The van der Waals surface area contributed by atoms with Crippen LogP contribution in [0.5, 0.6) is 0 Å². The van der Waals surface area contributed by atoms with Crippen molar-refractivity contribution in [1.29, 1.82) is 0 Å². The first-order valence-corrected chi connectivity index (χ1v) is 21.4. The number of phosphoric ester groups is 1. The molecule has 0 saturated carbocycles. The molecule has 0 aliphatic carbocycles. The van der Waals surface area contributed by atoms with Crippen molar-refractivity contribution < 1.29 is 42.7 Å². The number of unbranched alkanes of at least 4 members (excludes halogenated alkanes) is 17. The fourth-order valence-corrected chi connectivity index (χ4v) is 6.06. The van der Waals surface area contributed by atoms with Crippen molar-refractivity contribution in [2.24, 2.45) is 0 Å². The van der Waals surface area contributed by atoms with E-state index in [0.29, 0.717) is 12.8 Å². The summed E-state index contributed by atoms with van der Waals surface area (Å²) in [6, 6.07) is 0. The topological polar surface area (TPSA) is 132 Å². The van der Waals surface area contributed by atoms with Crippen molar-refractivity contribution >= 4 is 19.8 Å². The molecule has 0 amide bonds. The molecule has 0 aromatic carbocycles. The van der Waals surface area contributed by atoms with Crippen LogP contribution in [0, 0.1) is 0 Å². The summed E-state index contributed by atoms with van der Waals surface area (Å²) in [5.41, 5.74) is 0. The first-order chi connectivity index (χ1) is 24.2. The lowest BCUT2D eigenvalue weighted by Crippen LogP contribution is -2.29. The molecule has 1 fully saturated rings. The Morgan fingerprint density at radius 3 is 1.70 bits per heavy atom. The summed E-state index contributed by atoms with van der Waals surface area (Å²) in [6.45, 7) is 3.60. The normalized spacial score (nSPS) is 16.9. The zero-order chi connectivity index (χ0) is 36.5. The largest absolute Gasteiger partial charge is 0.469 e. The van der Waals surface area contributed by atoms with Gasteiger partial charge in [-0.1, -0.05) is 147 Å². The number of esters is 2. The predicted octanol–water partition coefficient (Wildman–Crippen LogP) is 10.8. The highest BCUT2D eigenvalue weighted by Gasteiger charge is 2.36. The molecule has 1 aliphatic heterocycles. The summed E-state index contributed by atoms with van der Waals surface area (Å²) in [6.07, 6.45) is 38.9. The molecule has 290 valence electrons. The van der Waals surface area contributed by atoms with Crippen molar-refractivity contribution in [3.8, 4) is 0 Å². The molecule has 3 atom stereocenters. The molecular weight excluding hydrogens is 655 g/mol. The van der Waals surface area contributed by atoms with Crippen LogP contribution < -0.4 is 0 Å². The van der Waals surface area contributed by atoms with Gasteiger partial charge in [0.2, 0.25) is 0 Å². The number of carbonyl (C=O) groups excluding carboxylic acids is 2. The SMILES string of the molecule is CCCCC/C=C\C/C=C\CC1OC1C/C=C\CCCC(=O)O[C@H](COC(=O)CCCCCCCCCCCCCCCC)COP(=O)(O)O. The number of phosphoric acid groups is 1. The number of hydrogen-bond donors (Lipinski definition) is 2. The fourth-order valence-electron chi connectivity index (χ4n) is 5.70. The molecule has 0 spiro atoms. The minimum atomic E-state index is -4.77. The third-order valence-electron chi connectivity index (χ3n) is 8.81. The molecule has 50 heavy (non-hydrogen) atoms. The minimum absolute atomic E-state index is 0.129. The summed E-state index contributed by atoms with van der Waals surface area (Å²) < 4.78 is 32.0. The fraction of sp³-hybridized carbons (Fsp3) is 0.800. The van der Waals surface area contributed by atoms with Crippen molar-refractivity contribution in [1.82, 2.24) is 0 Å². The van der Waals surface area contributed by atoms with E-state index in [9.17, 15) is 14.2 Å². The van der Waals surface area contributed by atoms with Gasteiger partial charge in [0.05, 0.1) is 18.8 Å². The summed E-state index contributed by atoms with van der Waals surface area (Å²) in [5, 5.41) is 0. The predicted molar refractivity (Wildman–Crippen MR) is 202 cm³/mol. The number of epoxide rings is 1. The van der Waals surface area contributed by atoms with Crippen LogP contribution in [0.25, 0.3) is 0 Å². The molecule has 1 aliphatic rings. The average Bonchev–Trinajstić information content (AvgIpc) is 3.84. The number of rotatable bonds is 35. The van der Waals surface area contributed by atoms with Crippen LogP contribution >= 0.6 is 7.82 Å². The first kappa shape index (κ1) is 46.3. The molecular formula is C40H71O9P. The van der Waals surface area contributed by atoms with Gasteiger partial charge in [-0.3, -0.25) is 14.1 Å². The Balaban J connectivity index is 2.13. The molecule has 0 aromatic heterocycles. The second-order valence-electron chi connectivity index (χ2n) is 13.6. The monoisotopic (exact) mass is 726 g/mol. The molecule has 2 unspecified atom stereocenters. The Labute approximate surface area is 304 Å². The summed E-state index contributed by atoms with van der Waals surface area (Å²) in [7, 11) is -4.77. The van der Waals surface area contributed by atoms with Gasteiger partial charge in [0, 0.05) is 12.8 Å². The zero-order valence-corrected chi connectivity index (χ0v) is 32.4. The molecule has 1 rings (SSSR count). The average molecular weight is 727 g/mol. The van der Waals surface area contributed by atoms with Gasteiger partial charge in [0.25, 0.3) is 0 Å². The van der Waals surface area contributed by atoms with E-state index in [-0.39, 0.29) is 31.7 Å². The lowest BCUT2D eigenvalue weighted by atomic mass is 10.0. The third kappa shape index (κ3) is 31.0. The lowest BCUT2D eigenvalue weighted by molar-refractivity contribution is -0.161. The number of ether oxygens (including phenoxy) is 3. The van der Waals surface area contributed by atoms with E-state index in [1.165, 1.54) is 89.9 Å². The van der Waals surface area contributed by atoms with Crippen LogP contribution in [-0.2, 0) is 32.9 Å². The molecule has 0 radical (unpaired) electrons. The first-order valence-electron chi connectivity index (χ1n) is 19.9. The van der Waals surface area contributed by atoms with Crippen LogP contribution in [0.1, 0.15) is 174 Å². The van der Waals surface area contributed by atoms with Crippen molar-refractivity contribution in [2.75, 3.05) is 13.2 Å². The van der Waals surface area contributed by atoms with Crippen LogP contribution in [0.3, 0.4) is 0 Å². The highest BCUT2D eigenvalue weighted by molar-refractivity contribution is 7.46. The second-order valence-corrected chi connectivity index (χ2v) is 14.9. The highest BCUT2D eigenvalue weighted by atomic mass is 31.2. The molecule has 0 aromatic rings. The van der Waals surface area contributed by atoms with E-state index in [1.54, 1.807) is 0 Å². The van der Waals surface area contributed by atoms with Crippen LogP contribution in [-0.4, -0.2) is 53.3 Å². The standard InChI is InChI=1S/C40H71O9P/c1-3-5-7-9-11-13-14-15-16-17-19-21-23-28-32-39(41)46-34-36(35-47-50(43,44)45)48-40(42)33-29-25-24-27-31-38-37(49-38)30-26-22-20-18-12-10-8-6-4-2/h12,18,22,24,26-27,36-38H,3-11,13-17,19-21,23,25,28-35H2,1-2H3,(H2,43,44,45)/b18-12-,26-22-,27-24-/t36-,37?,38?/m1/s1. The molecule has 9 nitrogen and oxygen atoms in total. The maximum Gasteiger partial charge on any atom is 0.469 e. The Bertz CT molecular complexity index is 974. The van der Waals surface area contributed by atoms with Gasteiger partial charge in [-0.25, -0.2) is 4.57 Å². The minimum Gasteiger partial charge on any atom is -0.462 e. The number of allylic oxidation sites excluding steroid dienone is 4. The van der Waals surface area contributed by atoms with Gasteiger partial charge in [-0.05, 0) is 51.4 Å². The van der Waals surface area contributed by atoms with Crippen LogP contribution in [0.15, 0.2) is 36.5 Å². The van der Waals surface area contributed by atoms with E-state index in [0.717, 1.165) is 44.9 Å². The Morgan fingerprint density at radius 1 is 0.620 bits per heavy atom. The lowest BCUT2D eigenvalue weighted by Gasteiger charge is -2.18. The maximum atomic E-state index is 12.4. The summed E-state index contributed by atoms with van der Waals surface area (Å²) >= 11 is 0. The van der Waals surface area contributed by atoms with E-state index >= 15 is 0 Å². The molecule has 1 heterocycles. The van der Waals surface area contributed by atoms with Crippen molar-refractivity contribution in [3.63, 3.8) is 0 Å². The smallest absolute Gasteiger partial charge is 0.462 e. The zero-order valence-electron chi connectivity index (χ0n) is 31.5. The van der Waals surface area contributed by atoms with Gasteiger partial charge in [0.1, 0.15) is 6.61 Å². The summed E-state index contributed by atoms with van der Waals surface area (Å²) in [4.78, 5) is 42.8. The van der Waals surface area contributed by atoms with Gasteiger partial charge in [-0.2, -0.15) is 0 Å². The Morgan fingerprint density at radius 2 is 1.10 bits per heavy atom. The molecule has 2 N–H and O–H groups in total. The van der Waals surface area contributed by atoms with Gasteiger partial charge in [0.15, 0.2) is 6.10 Å². The third-order valence-corrected chi connectivity index (χ3v) is 9.30. The Hall–Kier alpha value is -1.77. The van der Waals surface area contributed by atoms with Crippen LogP contribution in [0.4, 0.5) is 0 Å². The maximum absolute atomic E-state index is 12.4. The van der Waals surface area contributed by atoms with Crippen LogP contribution in [0.2, 0.25) is 0 Å². The number of carbonyl (C=O) groups is 2. The van der Waals surface area contributed by atoms with E-state index < -0.39 is 32.5 Å². The quantitative estimate of drug-likeness (QED) is 0.0215. The van der Waals surface area contributed by atoms with Crippen molar-refractivity contribution in [2.45, 2.75) is 193 Å². The van der Waals surface area contributed by atoms with Gasteiger partial charge < -0.3 is 24.0 Å². The summed E-state index contributed by atoms with van der Waals surface area (Å²) in [5.74, 6) is -0.955. The highest BCUT2D eigenvalue weighted by Crippen LogP contribution is 2.36. The second kappa shape index (κ2) is 31.9. The Kier molecular flexibility index (Phi) is 29.5.